The fourth-order valence-corrected chi connectivity index (χ4v) is 12.8. The number of esters is 4. The molecule has 0 rings (SSSR count). The first-order valence-electron chi connectivity index (χ1n) is 38.3. The number of aliphatic hydroxyl groups excluding tert-OH is 1. The first-order chi connectivity index (χ1) is 44.7. The number of hydrogen-bond donors (Lipinski definition) is 3. The van der Waals surface area contributed by atoms with E-state index in [9.17, 15) is 43.2 Å². The summed E-state index contributed by atoms with van der Waals surface area (Å²) in [6.45, 7) is 11.9. The lowest BCUT2D eigenvalue weighted by Crippen LogP contribution is -2.30. The number of carbonyl (C=O) groups excluding carboxylic acids is 4. The van der Waals surface area contributed by atoms with E-state index in [2.05, 4.69) is 48.5 Å². The lowest BCUT2D eigenvalue weighted by Gasteiger charge is -2.21. The van der Waals surface area contributed by atoms with Crippen molar-refractivity contribution in [3.05, 3.63) is 0 Å². The zero-order chi connectivity index (χ0) is 68.7. The molecule has 0 aliphatic rings. The second-order valence-corrected chi connectivity index (χ2v) is 31.0. The van der Waals surface area contributed by atoms with Gasteiger partial charge in [-0.1, -0.05) is 325 Å². The Kier molecular flexibility index (Phi) is 63.4. The topological polar surface area (TPSA) is 237 Å². The molecule has 2 unspecified atom stereocenters. The number of carbonyl (C=O) groups is 4. The summed E-state index contributed by atoms with van der Waals surface area (Å²) in [7, 11) is -9.91. The van der Waals surface area contributed by atoms with Gasteiger partial charge in [-0.25, -0.2) is 9.13 Å². The molecule has 0 saturated carbocycles. The number of unbranched alkanes of at least 4 members (excludes halogenated alkanes) is 40. The van der Waals surface area contributed by atoms with Gasteiger partial charge in [0.15, 0.2) is 12.2 Å². The molecule has 0 bridgehead atoms. The van der Waals surface area contributed by atoms with Gasteiger partial charge in [0.1, 0.15) is 19.3 Å². The molecule has 0 fully saturated rings. The maximum absolute atomic E-state index is 13.1. The molecule has 17 nitrogen and oxygen atoms in total. The van der Waals surface area contributed by atoms with E-state index in [4.69, 9.17) is 37.0 Å². The Morgan fingerprint density at radius 3 is 0.731 bits per heavy atom. The average Bonchev–Trinajstić information content (AvgIpc) is 1.85. The summed E-state index contributed by atoms with van der Waals surface area (Å²) >= 11 is 0. The molecule has 93 heavy (non-hydrogen) atoms. The Balaban J connectivity index is 5.24. The molecule has 0 aliphatic heterocycles. The van der Waals surface area contributed by atoms with E-state index in [-0.39, 0.29) is 25.7 Å². The summed E-state index contributed by atoms with van der Waals surface area (Å²) in [5, 5.41) is 10.6. The van der Waals surface area contributed by atoms with Gasteiger partial charge in [-0.3, -0.25) is 37.3 Å². The summed E-state index contributed by atoms with van der Waals surface area (Å²) in [6.07, 6.45) is 49.9. The van der Waals surface area contributed by atoms with Gasteiger partial charge in [-0.2, -0.15) is 0 Å². The van der Waals surface area contributed by atoms with Crippen LogP contribution in [0.2, 0.25) is 0 Å². The van der Waals surface area contributed by atoms with Crippen LogP contribution < -0.4 is 0 Å². The standard InChI is InChI=1S/C74H144O17P2/c1-8-9-10-11-12-13-20-28-35-43-50-57-73(78)91-70(62-85-72(77)56-49-42-37-30-33-40-47-54-67(6)7)64-89-93(82,83)87-60-68(75)59-86-92(80,81)88-63-69(90-74(79)58-51-44-36-29-24-19-15-17-22-26-32-39-46-53-66(4)5)61-84-71(76)55-48-41-34-27-23-18-14-16-21-25-31-38-45-52-65(2)3/h65-70,75H,8-64H2,1-7H3,(H,80,81)(H,82,83)/t68-,69-,70-/m1/s1. The zero-order valence-electron chi connectivity index (χ0n) is 60.7. The van der Waals surface area contributed by atoms with Crippen LogP contribution in [0.4, 0.5) is 0 Å². The minimum absolute atomic E-state index is 0.106. The first-order valence-corrected chi connectivity index (χ1v) is 41.3. The van der Waals surface area contributed by atoms with Gasteiger partial charge in [0, 0.05) is 25.7 Å². The molecule has 0 aliphatic carbocycles. The molecule has 3 N–H and O–H groups in total. The Labute approximate surface area is 568 Å². The lowest BCUT2D eigenvalue weighted by atomic mass is 10.0. The Morgan fingerprint density at radius 2 is 0.495 bits per heavy atom. The normalized spacial score (nSPS) is 14.1. The molecule has 0 spiro atoms. The molecular formula is C74H144O17P2. The fourth-order valence-electron chi connectivity index (χ4n) is 11.2. The summed E-state index contributed by atoms with van der Waals surface area (Å²) in [5.74, 6) is 0.163. The van der Waals surface area contributed by atoms with Crippen molar-refractivity contribution in [2.75, 3.05) is 39.6 Å². The van der Waals surface area contributed by atoms with Crippen molar-refractivity contribution in [3.8, 4) is 0 Å². The van der Waals surface area contributed by atoms with Crippen LogP contribution in [0.1, 0.15) is 376 Å². The molecule has 19 heteroatoms. The van der Waals surface area contributed by atoms with E-state index in [0.717, 1.165) is 108 Å². The number of hydrogen-bond acceptors (Lipinski definition) is 15. The monoisotopic (exact) mass is 1370 g/mol. The van der Waals surface area contributed by atoms with Gasteiger partial charge < -0.3 is 33.8 Å². The van der Waals surface area contributed by atoms with Gasteiger partial charge in [0.25, 0.3) is 0 Å². The summed E-state index contributed by atoms with van der Waals surface area (Å²) < 4.78 is 68.4. The third-order valence-corrected chi connectivity index (χ3v) is 19.0. The third kappa shape index (κ3) is 68.4. The molecule has 0 aromatic rings. The molecule has 0 heterocycles. The Morgan fingerprint density at radius 1 is 0.290 bits per heavy atom. The van der Waals surface area contributed by atoms with E-state index >= 15 is 0 Å². The van der Waals surface area contributed by atoms with Gasteiger partial charge in [0.2, 0.25) is 0 Å². The molecule has 0 saturated heterocycles. The van der Waals surface area contributed by atoms with Crippen LogP contribution in [0.15, 0.2) is 0 Å². The van der Waals surface area contributed by atoms with Crippen LogP contribution >= 0.6 is 15.6 Å². The van der Waals surface area contributed by atoms with Crippen molar-refractivity contribution in [1.82, 2.24) is 0 Å². The predicted molar refractivity (Wildman–Crippen MR) is 377 cm³/mol. The van der Waals surface area contributed by atoms with Crippen LogP contribution in [0.5, 0.6) is 0 Å². The number of rotatable bonds is 72. The van der Waals surface area contributed by atoms with Gasteiger partial charge in [0.05, 0.1) is 26.4 Å². The van der Waals surface area contributed by atoms with Gasteiger partial charge in [-0.15, -0.1) is 0 Å². The second kappa shape index (κ2) is 64.7. The molecule has 0 radical (unpaired) electrons. The SMILES string of the molecule is CCCCCCCCCCCCCC(=O)O[C@H](COC(=O)CCCCCCCCCC(C)C)COP(=O)(O)OC[C@H](O)COP(=O)(O)OC[C@@H](COC(=O)CCCCCCCCCCCCCCCC(C)C)OC(=O)CCCCCCCCCCCCCCCC(C)C. The van der Waals surface area contributed by atoms with Crippen molar-refractivity contribution in [3.63, 3.8) is 0 Å². The number of ether oxygens (including phenoxy) is 4. The summed E-state index contributed by atoms with van der Waals surface area (Å²) in [5.41, 5.74) is 0. The molecular weight excluding hydrogens is 1220 g/mol. The smallest absolute Gasteiger partial charge is 0.462 e. The van der Waals surface area contributed by atoms with Crippen LogP contribution in [0, 0.1) is 17.8 Å². The molecule has 0 aromatic carbocycles. The minimum atomic E-state index is -4.96. The van der Waals surface area contributed by atoms with Crippen molar-refractivity contribution in [2.45, 2.75) is 394 Å². The second-order valence-electron chi connectivity index (χ2n) is 28.1. The Bertz CT molecular complexity index is 1820. The minimum Gasteiger partial charge on any atom is -0.462 e. The number of phosphoric acid groups is 2. The maximum atomic E-state index is 13.1. The lowest BCUT2D eigenvalue weighted by molar-refractivity contribution is -0.161. The van der Waals surface area contributed by atoms with Crippen LogP contribution in [-0.4, -0.2) is 96.7 Å². The van der Waals surface area contributed by atoms with Gasteiger partial charge >= 0.3 is 39.5 Å². The maximum Gasteiger partial charge on any atom is 0.472 e. The van der Waals surface area contributed by atoms with Gasteiger partial charge in [-0.05, 0) is 43.4 Å². The van der Waals surface area contributed by atoms with E-state index in [0.29, 0.717) is 31.6 Å². The quantitative estimate of drug-likeness (QED) is 0.0222. The van der Waals surface area contributed by atoms with E-state index < -0.39 is 97.5 Å². The highest BCUT2D eigenvalue weighted by molar-refractivity contribution is 7.47. The predicted octanol–water partition coefficient (Wildman–Crippen LogP) is 21.4. The molecule has 552 valence electrons. The van der Waals surface area contributed by atoms with E-state index in [1.165, 1.54) is 180 Å². The highest BCUT2D eigenvalue weighted by Crippen LogP contribution is 2.45. The highest BCUT2D eigenvalue weighted by Gasteiger charge is 2.30. The zero-order valence-corrected chi connectivity index (χ0v) is 62.5. The van der Waals surface area contributed by atoms with Crippen molar-refractivity contribution in [2.24, 2.45) is 17.8 Å². The van der Waals surface area contributed by atoms with Crippen molar-refractivity contribution < 1.29 is 80.2 Å². The van der Waals surface area contributed by atoms with E-state index in [1.807, 2.05) is 0 Å². The molecule has 0 amide bonds. The number of aliphatic hydroxyl groups is 1. The third-order valence-electron chi connectivity index (χ3n) is 17.1. The van der Waals surface area contributed by atoms with Crippen molar-refractivity contribution >= 4 is 39.5 Å². The fraction of sp³-hybridized carbons (Fsp3) is 0.946. The Hall–Kier alpha value is -1.94. The van der Waals surface area contributed by atoms with Crippen LogP contribution in [-0.2, 0) is 65.4 Å². The van der Waals surface area contributed by atoms with Crippen molar-refractivity contribution in [1.29, 1.82) is 0 Å². The van der Waals surface area contributed by atoms with E-state index in [1.54, 1.807) is 0 Å². The molecule has 0 aromatic heterocycles. The average molecular weight is 1370 g/mol. The summed E-state index contributed by atoms with van der Waals surface area (Å²) in [4.78, 5) is 72.7. The number of phosphoric ester groups is 2. The highest BCUT2D eigenvalue weighted by atomic mass is 31.2. The molecule has 5 atom stereocenters. The summed E-state index contributed by atoms with van der Waals surface area (Å²) in [6, 6.07) is 0. The largest absolute Gasteiger partial charge is 0.472 e. The first kappa shape index (κ1) is 91.1. The van der Waals surface area contributed by atoms with Crippen LogP contribution in [0.3, 0.4) is 0 Å². The van der Waals surface area contributed by atoms with Crippen LogP contribution in [0.25, 0.3) is 0 Å².